The van der Waals surface area contributed by atoms with Gasteiger partial charge in [-0.1, -0.05) is 17.7 Å². The number of fused-ring (bicyclic) bond motifs is 1. The normalized spacial score (nSPS) is 14.9. The zero-order chi connectivity index (χ0) is 19.5. The SMILES string of the molecule is Cc1ccc(Oc2cc(OCC3CCOCC3)c3[nH]c(C(N)=O)cc3c2)cc1. The van der Waals surface area contributed by atoms with Gasteiger partial charge in [-0.3, -0.25) is 4.79 Å². The number of hydrogen-bond donors (Lipinski definition) is 2. The Morgan fingerprint density at radius 2 is 1.89 bits per heavy atom. The average Bonchev–Trinajstić information content (AvgIpc) is 3.13. The van der Waals surface area contributed by atoms with Crippen LogP contribution in [0.25, 0.3) is 10.9 Å². The second-order valence-electron chi connectivity index (χ2n) is 7.21. The molecule has 6 heteroatoms. The van der Waals surface area contributed by atoms with Gasteiger partial charge in [-0.05, 0) is 49.9 Å². The highest BCUT2D eigenvalue weighted by atomic mass is 16.5. The Labute approximate surface area is 163 Å². The van der Waals surface area contributed by atoms with Crippen molar-refractivity contribution in [1.82, 2.24) is 4.98 Å². The summed E-state index contributed by atoms with van der Waals surface area (Å²) in [5.74, 6) is 1.99. The first-order valence-electron chi connectivity index (χ1n) is 9.50. The fraction of sp³-hybridized carbons (Fsp3) is 0.318. The van der Waals surface area contributed by atoms with E-state index in [1.165, 1.54) is 5.56 Å². The maximum Gasteiger partial charge on any atom is 0.265 e. The summed E-state index contributed by atoms with van der Waals surface area (Å²) in [6.07, 6.45) is 1.97. The monoisotopic (exact) mass is 380 g/mol. The number of carbonyl (C=O) groups is 1. The van der Waals surface area contributed by atoms with Gasteiger partial charge in [-0.15, -0.1) is 0 Å². The quantitative estimate of drug-likeness (QED) is 0.672. The summed E-state index contributed by atoms with van der Waals surface area (Å²) in [6.45, 7) is 4.17. The van der Waals surface area contributed by atoms with Crippen molar-refractivity contribution >= 4 is 16.8 Å². The molecule has 2 aromatic carbocycles. The molecule has 1 aliphatic heterocycles. The first kappa shape index (κ1) is 18.4. The maximum absolute atomic E-state index is 11.6. The second-order valence-corrected chi connectivity index (χ2v) is 7.21. The summed E-state index contributed by atoms with van der Waals surface area (Å²) in [6, 6.07) is 13.3. The van der Waals surface area contributed by atoms with Crippen LogP contribution in [0.5, 0.6) is 17.2 Å². The number of hydrogen-bond acceptors (Lipinski definition) is 4. The molecule has 6 nitrogen and oxygen atoms in total. The van der Waals surface area contributed by atoms with Crippen LogP contribution in [-0.4, -0.2) is 30.7 Å². The molecule has 0 aliphatic carbocycles. The van der Waals surface area contributed by atoms with E-state index >= 15 is 0 Å². The standard InChI is InChI=1S/C22H24N2O4/c1-14-2-4-17(5-3-14)28-18-10-16-11-19(22(23)25)24-21(16)20(12-18)27-13-15-6-8-26-9-7-15/h2-5,10-12,15,24H,6-9,13H2,1H3,(H2,23,25). The van der Waals surface area contributed by atoms with Crippen molar-refractivity contribution in [2.45, 2.75) is 19.8 Å². The van der Waals surface area contributed by atoms with Crippen molar-refractivity contribution in [3.8, 4) is 17.2 Å². The van der Waals surface area contributed by atoms with E-state index in [1.54, 1.807) is 6.07 Å². The van der Waals surface area contributed by atoms with Crippen LogP contribution in [0.3, 0.4) is 0 Å². The molecule has 0 spiro atoms. The van der Waals surface area contributed by atoms with Gasteiger partial charge in [0.05, 0.1) is 12.1 Å². The van der Waals surface area contributed by atoms with Crippen molar-refractivity contribution in [2.75, 3.05) is 19.8 Å². The lowest BCUT2D eigenvalue weighted by molar-refractivity contribution is 0.0499. The highest BCUT2D eigenvalue weighted by Gasteiger charge is 2.17. The summed E-state index contributed by atoms with van der Waals surface area (Å²) in [7, 11) is 0. The van der Waals surface area contributed by atoms with Crippen LogP contribution in [0.1, 0.15) is 28.9 Å². The number of nitrogens with two attached hydrogens (primary N) is 1. The lowest BCUT2D eigenvalue weighted by Crippen LogP contribution is -2.21. The van der Waals surface area contributed by atoms with E-state index < -0.39 is 5.91 Å². The van der Waals surface area contributed by atoms with E-state index in [4.69, 9.17) is 19.9 Å². The summed E-state index contributed by atoms with van der Waals surface area (Å²) < 4.78 is 17.6. The van der Waals surface area contributed by atoms with E-state index in [0.717, 1.165) is 42.7 Å². The Hall–Kier alpha value is -2.99. The van der Waals surface area contributed by atoms with Gasteiger partial charge in [0, 0.05) is 24.7 Å². The van der Waals surface area contributed by atoms with Crippen LogP contribution in [0, 0.1) is 12.8 Å². The summed E-state index contributed by atoms with van der Waals surface area (Å²) >= 11 is 0. The van der Waals surface area contributed by atoms with Crippen LogP contribution in [0.15, 0.2) is 42.5 Å². The van der Waals surface area contributed by atoms with Crippen molar-refractivity contribution in [3.05, 3.63) is 53.7 Å². The molecular formula is C22H24N2O4. The molecule has 0 atom stereocenters. The molecular weight excluding hydrogens is 356 g/mol. The fourth-order valence-electron chi connectivity index (χ4n) is 3.35. The molecule has 0 saturated carbocycles. The zero-order valence-electron chi connectivity index (χ0n) is 15.9. The van der Waals surface area contributed by atoms with Crippen molar-refractivity contribution < 1.29 is 19.0 Å². The van der Waals surface area contributed by atoms with E-state index in [2.05, 4.69) is 4.98 Å². The molecule has 1 aliphatic rings. The Morgan fingerprint density at radius 1 is 1.14 bits per heavy atom. The largest absolute Gasteiger partial charge is 0.491 e. The highest BCUT2D eigenvalue weighted by Crippen LogP contribution is 2.34. The van der Waals surface area contributed by atoms with Crippen LogP contribution >= 0.6 is 0 Å². The molecule has 2 heterocycles. The number of ether oxygens (including phenoxy) is 3. The van der Waals surface area contributed by atoms with Gasteiger partial charge in [0.25, 0.3) is 5.91 Å². The minimum atomic E-state index is -0.507. The van der Waals surface area contributed by atoms with Gasteiger partial charge < -0.3 is 24.9 Å². The molecule has 0 radical (unpaired) electrons. The summed E-state index contributed by atoms with van der Waals surface area (Å²) in [5, 5.41) is 0.820. The van der Waals surface area contributed by atoms with Crippen LogP contribution in [-0.2, 0) is 4.74 Å². The Bertz CT molecular complexity index is 972. The number of amides is 1. The number of nitrogens with one attached hydrogen (secondary N) is 1. The third-order valence-electron chi connectivity index (χ3n) is 5.00. The summed E-state index contributed by atoms with van der Waals surface area (Å²) in [5.41, 5.74) is 7.70. The van der Waals surface area contributed by atoms with E-state index in [-0.39, 0.29) is 0 Å². The van der Waals surface area contributed by atoms with Crippen LogP contribution in [0.4, 0.5) is 0 Å². The molecule has 1 amide bonds. The predicted molar refractivity (Wildman–Crippen MR) is 107 cm³/mol. The van der Waals surface area contributed by atoms with Gasteiger partial charge >= 0.3 is 0 Å². The molecule has 1 fully saturated rings. The van der Waals surface area contributed by atoms with E-state index in [1.807, 2.05) is 43.3 Å². The molecule has 1 saturated heterocycles. The van der Waals surface area contributed by atoms with Crippen molar-refractivity contribution in [1.29, 1.82) is 0 Å². The molecule has 1 aromatic heterocycles. The molecule has 0 bridgehead atoms. The number of aryl methyl sites for hydroxylation is 1. The topological polar surface area (TPSA) is 86.6 Å². The highest BCUT2D eigenvalue weighted by molar-refractivity contribution is 5.99. The minimum absolute atomic E-state index is 0.346. The average molecular weight is 380 g/mol. The molecule has 28 heavy (non-hydrogen) atoms. The lowest BCUT2D eigenvalue weighted by atomic mass is 10.0. The van der Waals surface area contributed by atoms with Crippen LogP contribution in [0.2, 0.25) is 0 Å². The molecule has 0 unspecified atom stereocenters. The minimum Gasteiger partial charge on any atom is -0.491 e. The third-order valence-corrected chi connectivity index (χ3v) is 5.00. The maximum atomic E-state index is 11.6. The second kappa shape index (κ2) is 7.94. The van der Waals surface area contributed by atoms with Crippen molar-refractivity contribution in [2.24, 2.45) is 11.7 Å². The molecule has 3 aromatic rings. The number of aromatic amines is 1. The van der Waals surface area contributed by atoms with Crippen LogP contribution < -0.4 is 15.2 Å². The Balaban J connectivity index is 1.63. The number of H-pyrrole nitrogens is 1. The van der Waals surface area contributed by atoms with Gasteiger partial charge in [0.2, 0.25) is 0 Å². The Morgan fingerprint density at radius 3 is 2.61 bits per heavy atom. The molecule has 4 rings (SSSR count). The van der Waals surface area contributed by atoms with Gasteiger partial charge in [0.15, 0.2) is 0 Å². The first-order chi connectivity index (χ1) is 13.6. The van der Waals surface area contributed by atoms with Gasteiger partial charge in [0.1, 0.15) is 22.9 Å². The van der Waals surface area contributed by atoms with Gasteiger partial charge in [-0.25, -0.2) is 0 Å². The van der Waals surface area contributed by atoms with Crippen molar-refractivity contribution in [3.63, 3.8) is 0 Å². The van der Waals surface area contributed by atoms with Gasteiger partial charge in [-0.2, -0.15) is 0 Å². The van der Waals surface area contributed by atoms with E-state index in [0.29, 0.717) is 29.7 Å². The zero-order valence-corrected chi connectivity index (χ0v) is 15.9. The smallest absolute Gasteiger partial charge is 0.265 e. The summed E-state index contributed by atoms with van der Waals surface area (Å²) in [4.78, 5) is 14.7. The molecule has 146 valence electrons. The number of benzene rings is 2. The number of aromatic nitrogens is 1. The molecule has 3 N–H and O–H groups in total. The fourth-order valence-corrected chi connectivity index (χ4v) is 3.35. The number of primary amides is 1. The number of carbonyl (C=O) groups excluding carboxylic acids is 1. The number of rotatable bonds is 6. The predicted octanol–water partition coefficient (Wildman–Crippen LogP) is 4.17. The first-order valence-corrected chi connectivity index (χ1v) is 9.50. The van der Waals surface area contributed by atoms with E-state index in [9.17, 15) is 4.79 Å². The lowest BCUT2D eigenvalue weighted by Gasteiger charge is -2.22. The Kier molecular flexibility index (Phi) is 5.21. The third kappa shape index (κ3) is 4.12.